The third kappa shape index (κ3) is 3.94. The van der Waals surface area contributed by atoms with E-state index in [-0.39, 0.29) is 11.3 Å². The molecule has 2 nitrogen and oxygen atoms in total. The zero-order valence-electron chi connectivity index (χ0n) is 12.3. The number of hydrogen-bond acceptors (Lipinski definition) is 2. The molecule has 2 aromatic rings. The maximum atomic E-state index is 12.1. The van der Waals surface area contributed by atoms with Gasteiger partial charge in [0.2, 0.25) is 5.91 Å². The standard InChI is InChI=1S/C17H21NOS/c1-17(2,3)14-8-4-5-9-15(14)18-16(19)11-10-13-7-6-12-20-13/h4-9,12H,10-11H2,1-3H3,(H,18,19). The summed E-state index contributed by atoms with van der Waals surface area (Å²) in [5.74, 6) is 0.0788. The Balaban J connectivity index is 2.01. The molecule has 0 aliphatic heterocycles. The van der Waals surface area contributed by atoms with E-state index in [1.165, 1.54) is 10.4 Å². The van der Waals surface area contributed by atoms with Crippen LogP contribution in [0.1, 0.15) is 37.6 Å². The Hall–Kier alpha value is -1.61. The molecule has 1 aromatic heterocycles. The molecule has 1 N–H and O–H groups in total. The van der Waals surface area contributed by atoms with Crippen molar-refractivity contribution in [2.24, 2.45) is 0 Å². The fraction of sp³-hybridized carbons (Fsp3) is 0.353. The van der Waals surface area contributed by atoms with Crippen LogP contribution in [0.25, 0.3) is 0 Å². The van der Waals surface area contributed by atoms with Crippen molar-refractivity contribution in [2.75, 3.05) is 5.32 Å². The van der Waals surface area contributed by atoms with E-state index in [2.05, 4.69) is 38.2 Å². The molecule has 0 bridgehead atoms. The zero-order valence-corrected chi connectivity index (χ0v) is 13.1. The molecular weight excluding hydrogens is 266 g/mol. The molecular formula is C17H21NOS. The summed E-state index contributed by atoms with van der Waals surface area (Å²) >= 11 is 1.70. The van der Waals surface area contributed by atoms with Gasteiger partial charge in [0.15, 0.2) is 0 Å². The highest BCUT2D eigenvalue weighted by Crippen LogP contribution is 2.29. The Kier molecular flexibility index (Phi) is 4.61. The maximum Gasteiger partial charge on any atom is 0.224 e. The topological polar surface area (TPSA) is 29.1 Å². The Morgan fingerprint density at radius 1 is 1.15 bits per heavy atom. The van der Waals surface area contributed by atoms with Crippen molar-refractivity contribution in [1.82, 2.24) is 0 Å². The van der Waals surface area contributed by atoms with Gasteiger partial charge in [-0.15, -0.1) is 11.3 Å². The number of thiophene rings is 1. The number of rotatable bonds is 4. The van der Waals surface area contributed by atoms with Crippen molar-refractivity contribution in [3.8, 4) is 0 Å². The minimum absolute atomic E-state index is 0.0254. The van der Waals surface area contributed by atoms with Gasteiger partial charge in [-0.05, 0) is 34.9 Å². The fourth-order valence-electron chi connectivity index (χ4n) is 2.15. The first-order valence-corrected chi connectivity index (χ1v) is 7.76. The van der Waals surface area contributed by atoms with E-state index in [0.717, 1.165) is 12.1 Å². The highest BCUT2D eigenvalue weighted by molar-refractivity contribution is 7.09. The predicted molar refractivity (Wildman–Crippen MR) is 86.4 cm³/mol. The summed E-state index contributed by atoms with van der Waals surface area (Å²) in [5.41, 5.74) is 2.12. The fourth-order valence-corrected chi connectivity index (χ4v) is 2.86. The summed E-state index contributed by atoms with van der Waals surface area (Å²) < 4.78 is 0. The molecule has 1 aromatic carbocycles. The SMILES string of the molecule is CC(C)(C)c1ccccc1NC(=O)CCc1cccs1. The van der Waals surface area contributed by atoms with Gasteiger partial charge in [-0.3, -0.25) is 4.79 Å². The molecule has 0 saturated heterocycles. The molecule has 20 heavy (non-hydrogen) atoms. The molecule has 2 rings (SSSR count). The Morgan fingerprint density at radius 3 is 2.55 bits per heavy atom. The van der Waals surface area contributed by atoms with Gasteiger partial charge in [0.25, 0.3) is 0 Å². The first kappa shape index (κ1) is 14.8. The van der Waals surface area contributed by atoms with Gasteiger partial charge < -0.3 is 5.32 Å². The number of para-hydroxylation sites is 1. The van der Waals surface area contributed by atoms with E-state index in [4.69, 9.17) is 0 Å². The number of carbonyl (C=O) groups excluding carboxylic acids is 1. The smallest absolute Gasteiger partial charge is 0.224 e. The molecule has 3 heteroatoms. The van der Waals surface area contributed by atoms with Crippen molar-refractivity contribution in [2.45, 2.75) is 39.0 Å². The monoisotopic (exact) mass is 287 g/mol. The summed E-state index contributed by atoms with van der Waals surface area (Å²) in [7, 11) is 0. The van der Waals surface area contributed by atoms with Gasteiger partial charge >= 0.3 is 0 Å². The molecule has 0 spiro atoms. The van der Waals surface area contributed by atoms with Crippen molar-refractivity contribution >= 4 is 22.9 Å². The second kappa shape index (κ2) is 6.23. The van der Waals surface area contributed by atoms with Crippen LogP contribution in [-0.4, -0.2) is 5.91 Å². The summed E-state index contributed by atoms with van der Waals surface area (Å²) in [6.07, 6.45) is 1.33. The van der Waals surface area contributed by atoms with E-state index < -0.39 is 0 Å². The first-order chi connectivity index (χ1) is 9.47. The quantitative estimate of drug-likeness (QED) is 0.873. The van der Waals surface area contributed by atoms with Crippen molar-refractivity contribution in [3.63, 3.8) is 0 Å². The van der Waals surface area contributed by atoms with Crippen LogP contribution < -0.4 is 5.32 Å². The van der Waals surface area contributed by atoms with E-state index in [9.17, 15) is 4.79 Å². The van der Waals surface area contributed by atoms with Crippen LogP contribution in [0.4, 0.5) is 5.69 Å². The van der Waals surface area contributed by atoms with Gasteiger partial charge in [0.1, 0.15) is 0 Å². The Morgan fingerprint density at radius 2 is 1.90 bits per heavy atom. The third-order valence-electron chi connectivity index (χ3n) is 3.19. The second-order valence-corrected chi connectivity index (χ2v) is 6.96. The average molecular weight is 287 g/mol. The van der Waals surface area contributed by atoms with Crippen LogP contribution in [0.2, 0.25) is 0 Å². The molecule has 0 unspecified atom stereocenters. The van der Waals surface area contributed by atoms with Crippen LogP contribution in [-0.2, 0) is 16.6 Å². The Labute approximate surface area is 124 Å². The minimum atomic E-state index is 0.0254. The van der Waals surface area contributed by atoms with Gasteiger partial charge in [-0.2, -0.15) is 0 Å². The molecule has 1 amide bonds. The lowest BCUT2D eigenvalue weighted by Crippen LogP contribution is -2.18. The van der Waals surface area contributed by atoms with Gasteiger partial charge in [0.05, 0.1) is 0 Å². The van der Waals surface area contributed by atoms with Crippen molar-refractivity contribution in [3.05, 3.63) is 52.2 Å². The summed E-state index contributed by atoms with van der Waals surface area (Å²) in [4.78, 5) is 13.3. The molecule has 106 valence electrons. The summed E-state index contributed by atoms with van der Waals surface area (Å²) in [6, 6.07) is 12.1. The van der Waals surface area contributed by atoms with Gasteiger partial charge in [0, 0.05) is 17.0 Å². The number of aryl methyl sites for hydroxylation is 1. The lowest BCUT2D eigenvalue weighted by atomic mass is 9.86. The molecule has 0 saturated carbocycles. The Bertz CT molecular complexity index is 567. The predicted octanol–water partition coefficient (Wildman–Crippen LogP) is 4.62. The summed E-state index contributed by atoms with van der Waals surface area (Å²) in [5, 5.41) is 5.09. The molecule has 0 fully saturated rings. The highest BCUT2D eigenvalue weighted by atomic mass is 32.1. The number of hydrogen-bond donors (Lipinski definition) is 1. The molecule has 0 aliphatic carbocycles. The van der Waals surface area contributed by atoms with E-state index in [0.29, 0.717) is 6.42 Å². The number of amides is 1. The van der Waals surface area contributed by atoms with Crippen molar-refractivity contribution < 1.29 is 4.79 Å². The normalized spacial score (nSPS) is 11.3. The second-order valence-electron chi connectivity index (χ2n) is 5.92. The largest absolute Gasteiger partial charge is 0.326 e. The number of benzene rings is 1. The van der Waals surface area contributed by atoms with Gasteiger partial charge in [-0.25, -0.2) is 0 Å². The van der Waals surface area contributed by atoms with Crippen LogP contribution >= 0.6 is 11.3 Å². The molecule has 0 radical (unpaired) electrons. The maximum absolute atomic E-state index is 12.1. The van der Waals surface area contributed by atoms with Crippen LogP contribution in [0.15, 0.2) is 41.8 Å². The average Bonchev–Trinajstić information content (AvgIpc) is 2.89. The van der Waals surface area contributed by atoms with Crippen molar-refractivity contribution in [1.29, 1.82) is 0 Å². The summed E-state index contributed by atoms with van der Waals surface area (Å²) in [6.45, 7) is 6.47. The third-order valence-corrected chi connectivity index (χ3v) is 4.12. The van der Waals surface area contributed by atoms with Crippen LogP contribution in [0.3, 0.4) is 0 Å². The molecule has 0 aliphatic rings. The number of carbonyl (C=O) groups is 1. The van der Waals surface area contributed by atoms with E-state index in [1.54, 1.807) is 11.3 Å². The number of anilines is 1. The van der Waals surface area contributed by atoms with Gasteiger partial charge in [-0.1, -0.05) is 45.0 Å². The first-order valence-electron chi connectivity index (χ1n) is 6.88. The number of nitrogens with one attached hydrogen (secondary N) is 1. The van der Waals surface area contributed by atoms with Crippen LogP contribution in [0.5, 0.6) is 0 Å². The highest BCUT2D eigenvalue weighted by Gasteiger charge is 2.18. The van der Waals surface area contributed by atoms with E-state index >= 15 is 0 Å². The minimum Gasteiger partial charge on any atom is -0.326 e. The molecule has 0 atom stereocenters. The lowest BCUT2D eigenvalue weighted by Gasteiger charge is -2.23. The van der Waals surface area contributed by atoms with E-state index in [1.807, 2.05) is 29.6 Å². The van der Waals surface area contributed by atoms with Crippen LogP contribution in [0, 0.1) is 0 Å². The molecule has 1 heterocycles. The zero-order chi connectivity index (χ0) is 14.6. The lowest BCUT2D eigenvalue weighted by molar-refractivity contribution is -0.116.